The number of amides is 1. The maximum Gasteiger partial charge on any atom is 0.254 e. The average molecular weight is 449 g/mol. The minimum atomic E-state index is -3.40. The van der Waals surface area contributed by atoms with Crippen molar-refractivity contribution in [1.29, 1.82) is 0 Å². The number of piperazine rings is 1. The van der Waals surface area contributed by atoms with Gasteiger partial charge in [-0.2, -0.15) is 4.31 Å². The first-order valence-electron chi connectivity index (χ1n) is 11.0. The standard InChI is InChI=1S/C26H28N2O3S/c29-26(25-14-8-7-13-24(25)16-15-22-9-3-1-4-10-22)27-17-19-28(20-18-27)32(30,31)21-23-11-5-2-6-12-23/h1-14H,15-21H2. The molecule has 1 aliphatic rings. The SMILES string of the molecule is O=C(c1ccccc1CCc1ccccc1)N1CCN(S(=O)(=O)Cc2ccccc2)CC1. The number of benzene rings is 3. The van der Waals surface area contributed by atoms with Gasteiger partial charge in [-0.25, -0.2) is 8.42 Å². The Morgan fingerprint density at radius 3 is 1.91 bits per heavy atom. The van der Waals surface area contributed by atoms with E-state index in [1.807, 2.05) is 72.8 Å². The lowest BCUT2D eigenvalue weighted by atomic mass is 9.99. The summed E-state index contributed by atoms with van der Waals surface area (Å²) in [5.74, 6) is -0.0295. The Hall–Kier alpha value is -2.96. The first-order valence-corrected chi connectivity index (χ1v) is 12.6. The first-order chi connectivity index (χ1) is 15.5. The van der Waals surface area contributed by atoms with Crippen molar-refractivity contribution in [3.05, 3.63) is 107 Å². The molecule has 1 amide bonds. The molecule has 1 heterocycles. The van der Waals surface area contributed by atoms with Crippen molar-refractivity contribution in [1.82, 2.24) is 9.21 Å². The highest BCUT2D eigenvalue weighted by Crippen LogP contribution is 2.18. The van der Waals surface area contributed by atoms with E-state index in [-0.39, 0.29) is 11.7 Å². The Morgan fingerprint density at radius 2 is 1.25 bits per heavy atom. The molecule has 0 saturated carbocycles. The number of hydrogen-bond donors (Lipinski definition) is 0. The van der Waals surface area contributed by atoms with E-state index in [0.717, 1.165) is 24.0 Å². The summed E-state index contributed by atoms with van der Waals surface area (Å²) >= 11 is 0. The van der Waals surface area contributed by atoms with E-state index in [2.05, 4.69) is 12.1 Å². The van der Waals surface area contributed by atoms with Gasteiger partial charge >= 0.3 is 0 Å². The lowest BCUT2D eigenvalue weighted by Crippen LogP contribution is -2.50. The Kier molecular flexibility index (Phi) is 7.02. The summed E-state index contributed by atoms with van der Waals surface area (Å²) in [4.78, 5) is 15.0. The largest absolute Gasteiger partial charge is 0.336 e. The van der Waals surface area contributed by atoms with Crippen LogP contribution in [0.1, 0.15) is 27.0 Å². The summed E-state index contributed by atoms with van der Waals surface area (Å²) in [6, 6.07) is 27.2. The van der Waals surface area contributed by atoms with Crippen molar-refractivity contribution in [2.75, 3.05) is 26.2 Å². The lowest BCUT2D eigenvalue weighted by molar-refractivity contribution is 0.0696. The second-order valence-corrected chi connectivity index (χ2v) is 10.0. The summed E-state index contributed by atoms with van der Waals surface area (Å²) < 4.78 is 27.1. The molecule has 166 valence electrons. The van der Waals surface area contributed by atoms with Crippen molar-refractivity contribution in [2.24, 2.45) is 0 Å². The minimum Gasteiger partial charge on any atom is -0.336 e. The third kappa shape index (κ3) is 5.44. The molecule has 0 spiro atoms. The molecule has 32 heavy (non-hydrogen) atoms. The number of hydrogen-bond acceptors (Lipinski definition) is 3. The molecule has 4 rings (SSSR count). The van der Waals surface area contributed by atoms with Gasteiger partial charge in [0.2, 0.25) is 10.0 Å². The third-order valence-corrected chi connectivity index (χ3v) is 7.73. The van der Waals surface area contributed by atoms with E-state index < -0.39 is 10.0 Å². The maximum atomic E-state index is 13.2. The lowest BCUT2D eigenvalue weighted by Gasteiger charge is -2.34. The molecule has 6 heteroatoms. The topological polar surface area (TPSA) is 57.7 Å². The molecule has 0 radical (unpaired) electrons. The quantitative estimate of drug-likeness (QED) is 0.553. The first kappa shape index (κ1) is 22.2. The molecule has 0 aromatic heterocycles. The molecule has 1 saturated heterocycles. The van der Waals surface area contributed by atoms with E-state index in [0.29, 0.717) is 31.7 Å². The van der Waals surface area contributed by atoms with Crippen LogP contribution in [-0.2, 0) is 28.6 Å². The maximum absolute atomic E-state index is 13.2. The van der Waals surface area contributed by atoms with Crippen LogP contribution in [0.3, 0.4) is 0 Å². The van der Waals surface area contributed by atoms with Crippen LogP contribution in [0.15, 0.2) is 84.9 Å². The summed E-state index contributed by atoms with van der Waals surface area (Å²) in [5.41, 5.74) is 3.76. The zero-order valence-corrected chi connectivity index (χ0v) is 18.9. The van der Waals surface area contributed by atoms with Gasteiger partial charge in [-0.1, -0.05) is 78.9 Å². The van der Waals surface area contributed by atoms with Crippen LogP contribution >= 0.6 is 0 Å². The zero-order valence-electron chi connectivity index (χ0n) is 18.1. The van der Waals surface area contributed by atoms with E-state index in [1.165, 1.54) is 9.87 Å². The molecule has 3 aromatic rings. The average Bonchev–Trinajstić information content (AvgIpc) is 2.83. The summed E-state index contributed by atoms with van der Waals surface area (Å²) in [5, 5.41) is 0. The highest BCUT2D eigenvalue weighted by atomic mass is 32.2. The Balaban J connectivity index is 1.38. The Bertz CT molecular complexity index is 1140. The van der Waals surface area contributed by atoms with Gasteiger partial charge in [-0.3, -0.25) is 4.79 Å². The van der Waals surface area contributed by atoms with Crippen LogP contribution in [-0.4, -0.2) is 49.7 Å². The highest BCUT2D eigenvalue weighted by Gasteiger charge is 2.29. The van der Waals surface area contributed by atoms with Crippen LogP contribution in [0.25, 0.3) is 0 Å². The number of carbonyl (C=O) groups excluding carboxylic acids is 1. The second-order valence-electron chi connectivity index (χ2n) is 8.08. The smallest absolute Gasteiger partial charge is 0.254 e. The predicted molar refractivity (Wildman–Crippen MR) is 127 cm³/mol. The zero-order chi connectivity index (χ0) is 22.4. The summed E-state index contributed by atoms with van der Waals surface area (Å²) in [6.45, 7) is 1.46. The molecule has 0 unspecified atom stereocenters. The minimum absolute atomic E-state index is 0.00982. The molecule has 0 N–H and O–H groups in total. The van der Waals surface area contributed by atoms with Gasteiger partial charge in [-0.15, -0.1) is 0 Å². The molecule has 0 aliphatic carbocycles. The van der Waals surface area contributed by atoms with E-state index in [9.17, 15) is 13.2 Å². The van der Waals surface area contributed by atoms with Gasteiger partial charge in [0.1, 0.15) is 0 Å². The monoisotopic (exact) mass is 448 g/mol. The number of nitrogens with zero attached hydrogens (tertiary/aromatic N) is 2. The fraction of sp³-hybridized carbons (Fsp3) is 0.269. The van der Waals surface area contributed by atoms with Gasteiger partial charge < -0.3 is 4.90 Å². The molecular formula is C26H28N2O3S. The third-order valence-electron chi connectivity index (χ3n) is 5.88. The van der Waals surface area contributed by atoms with Gasteiger partial charge in [0.05, 0.1) is 5.75 Å². The Morgan fingerprint density at radius 1 is 0.688 bits per heavy atom. The molecule has 0 atom stereocenters. The van der Waals surface area contributed by atoms with Gasteiger partial charge in [-0.05, 0) is 35.6 Å². The van der Waals surface area contributed by atoms with Gasteiger partial charge in [0, 0.05) is 31.7 Å². The fourth-order valence-electron chi connectivity index (χ4n) is 4.09. The number of rotatable bonds is 7. The molecule has 1 fully saturated rings. The molecule has 5 nitrogen and oxygen atoms in total. The van der Waals surface area contributed by atoms with Crippen molar-refractivity contribution >= 4 is 15.9 Å². The molecule has 1 aliphatic heterocycles. The van der Waals surface area contributed by atoms with Crippen LogP contribution in [0.5, 0.6) is 0 Å². The van der Waals surface area contributed by atoms with Crippen LogP contribution < -0.4 is 0 Å². The van der Waals surface area contributed by atoms with Crippen LogP contribution in [0.4, 0.5) is 0 Å². The normalized spacial score (nSPS) is 14.9. The second kappa shape index (κ2) is 10.1. The van der Waals surface area contributed by atoms with Crippen LogP contribution in [0.2, 0.25) is 0 Å². The summed E-state index contributed by atoms with van der Waals surface area (Å²) in [7, 11) is -3.40. The summed E-state index contributed by atoms with van der Waals surface area (Å²) in [6.07, 6.45) is 1.66. The fourth-order valence-corrected chi connectivity index (χ4v) is 5.60. The number of carbonyl (C=O) groups is 1. The van der Waals surface area contributed by atoms with E-state index >= 15 is 0 Å². The van der Waals surface area contributed by atoms with E-state index in [1.54, 1.807) is 4.90 Å². The predicted octanol–water partition coefficient (Wildman–Crippen LogP) is 3.76. The Labute approximate surface area is 190 Å². The molecule has 3 aromatic carbocycles. The molecule has 0 bridgehead atoms. The number of sulfonamides is 1. The number of aryl methyl sites for hydroxylation is 2. The van der Waals surface area contributed by atoms with Gasteiger partial charge in [0.15, 0.2) is 0 Å². The van der Waals surface area contributed by atoms with Gasteiger partial charge in [0.25, 0.3) is 5.91 Å². The highest BCUT2D eigenvalue weighted by molar-refractivity contribution is 7.88. The van der Waals surface area contributed by atoms with Crippen LogP contribution in [0, 0.1) is 0 Å². The van der Waals surface area contributed by atoms with Crippen molar-refractivity contribution < 1.29 is 13.2 Å². The molecular weight excluding hydrogens is 420 g/mol. The van der Waals surface area contributed by atoms with Crippen molar-refractivity contribution in [3.63, 3.8) is 0 Å². The van der Waals surface area contributed by atoms with Crippen molar-refractivity contribution in [3.8, 4) is 0 Å². The van der Waals surface area contributed by atoms with E-state index in [4.69, 9.17) is 0 Å². The van der Waals surface area contributed by atoms with Crippen molar-refractivity contribution in [2.45, 2.75) is 18.6 Å².